The largest absolute Gasteiger partial charge is 0.462 e. The third-order valence-electron chi connectivity index (χ3n) is 15.6. The van der Waals surface area contributed by atoms with Gasteiger partial charge in [-0.15, -0.1) is 0 Å². The first-order valence-corrected chi connectivity index (χ1v) is 19.8. The van der Waals surface area contributed by atoms with Crippen LogP contribution in [0.4, 0.5) is 4.79 Å². The van der Waals surface area contributed by atoms with E-state index in [0.29, 0.717) is 44.2 Å². The molecule has 0 aromatic heterocycles. The number of likely N-dealkylation sites (tertiary alicyclic amines) is 1. The van der Waals surface area contributed by atoms with E-state index in [1.165, 1.54) is 12.5 Å². The Morgan fingerprint density at radius 2 is 1.50 bits per heavy atom. The molecule has 0 spiro atoms. The summed E-state index contributed by atoms with van der Waals surface area (Å²) in [5.41, 5.74) is 0.951. The molecule has 4 saturated carbocycles. The lowest BCUT2D eigenvalue weighted by molar-refractivity contribution is -0.232. The van der Waals surface area contributed by atoms with Crippen LogP contribution in [0.1, 0.15) is 147 Å². The summed E-state index contributed by atoms with van der Waals surface area (Å²) in [6.07, 6.45) is 9.24. The molecule has 0 radical (unpaired) electrons. The molecule has 0 aromatic carbocycles. The van der Waals surface area contributed by atoms with Gasteiger partial charge in [0.1, 0.15) is 11.7 Å². The first-order chi connectivity index (χ1) is 23.1. The number of amides is 2. The maximum Gasteiger partial charge on any atom is 0.407 e. The van der Waals surface area contributed by atoms with E-state index in [1.54, 1.807) is 0 Å². The van der Waals surface area contributed by atoms with Gasteiger partial charge in [0.2, 0.25) is 5.91 Å². The number of Topliss-reactive ketones (excluding diaryl/α,β-unsaturated/α-hetero) is 1. The zero-order chi connectivity index (χ0) is 36.8. The number of nitrogens with one attached hydrogen (secondary N) is 1. The van der Waals surface area contributed by atoms with Crippen molar-refractivity contribution >= 4 is 23.8 Å². The van der Waals surface area contributed by atoms with E-state index in [2.05, 4.69) is 53.8 Å². The molecule has 6 aliphatic rings. The Balaban J connectivity index is 1.28. The second-order valence-corrected chi connectivity index (χ2v) is 19.9. The molecular weight excluding hydrogens is 628 g/mol. The van der Waals surface area contributed by atoms with Crippen LogP contribution in [-0.4, -0.2) is 59.5 Å². The maximum atomic E-state index is 14.9. The monoisotopic (exact) mass is 694 g/mol. The van der Waals surface area contributed by atoms with Crippen LogP contribution in [0.2, 0.25) is 0 Å². The zero-order valence-corrected chi connectivity index (χ0v) is 33.1. The molecule has 0 aromatic rings. The predicted molar refractivity (Wildman–Crippen MR) is 194 cm³/mol. The van der Waals surface area contributed by atoms with E-state index in [-0.39, 0.29) is 63.3 Å². The fourth-order valence-corrected chi connectivity index (χ4v) is 13.3. The Labute approximate surface area is 301 Å². The molecule has 1 N–H and O–H groups in total. The number of carbonyl (C=O) groups is 4. The van der Waals surface area contributed by atoms with E-state index in [4.69, 9.17) is 9.47 Å². The Morgan fingerprint density at radius 1 is 0.840 bits per heavy atom. The summed E-state index contributed by atoms with van der Waals surface area (Å²) < 4.78 is 11.4. The Hall–Kier alpha value is -2.38. The first-order valence-electron chi connectivity index (χ1n) is 19.8. The fourth-order valence-electron chi connectivity index (χ4n) is 13.3. The maximum absolute atomic E-state index is 14.9. The number of alkyl carbamates (subject to hydrolysis) is 1. The van der Waals surface area contributed by atoms with Crippen LogP contribution < -0.4 is 5.32 Å². The highest BCUT2D eigenvalue weighted by Crippen LogP contribution is 2.77. The molecule has 8 heteroatoms. The molecule has 2 amide bonds. The van der Waals surface area contributed by atoms with E-state index in [1.807, 2.05) is 25.7 Å². The zero-order valence-electron chi connectivity index (χ0n) is 33.1. The molecule has 5 aliphatic carbocycles. The van der Waals surface area contributed by atoms with Crippen molar-refractivity contribution in [2.45, 2.75) is 165 Å². The number of esters is 1. The van der Waals surface area contributed by atoms with Gasteiger partial charge < -0.3 is 19.7 Å². The highest BCUT2D eigenvalue weighted by Gasteiger charge is 2.71. The van der Waals surface area contributed by atoms with Gasteiger partial charge in [-0.3, -0.25) is 14.4 Å². The minimum Gasteiger partial charge on any atom is -0.462 e. The lowest BCUT2D eigenvalue weighted by atomic mass is 9.33. The van der Waals surface area contributed by atoms with Crippen LogP contribution in [0.25, 0.3) is 0 Å². The second kappa shape index (κ2) is 12.4. The minimum atomic E-state index is -0.749. The quantitative estimate of drug-likeness (QED) is 0.297. The number of allylic oxidation sites excluding steroid dienone is 1. The molecule has 1 heterocycles. The van der Waals surface area contributed by atoms with Crippen LogP contribution in [-0.2, 0) is 23.9 Å². The van der Waals surface area contributed by atoms with Crippen molar-refractivity contribution in [3.8, 4) is 0 Å². The topological polar surface area (TPSA) is 102 Å². The average Bonchev–Trinajstić information content (AvgIpc) is 3.31. The number of ether oxygens (including phenoxy) is 2. The van der Waals surface area contributed by atoms with E-state index >= 15 is 0 Å². The summed E-state index contributed by atoms with van der Waals surface area (Å²) in [5, 5.41) is 3.01. The van der Waals surface area contributed by atoms with Crippen LogP contribution in [0.3, 0.4) is 0 Å². The smallest absolute Gasteiger partial charge is 0.407 e. The molecule has 0 unspecified atom stereocenters. The van der Waals surface area contributed by atoms with Gasteiger partial charge in [0, 0.05) is 37.9 Å². The lowest BCUT2D eigenvalue weighted by Crippen LogP contribution is -2.66. The molecule has 1 saturated heterocycles. The summed E-state index contributed by atoms with van der Waals surface area (Å²) in [7, 11) is 0. The SMILES string of the molecule is CC(=O)O[C@H]1CC[C@]2(C)[C@H]3CC[C@@H]4C5=C(C(C)C)C(=O)C[C@]5(C(=O)N5CCC(NC(=O)OC(C)(C)C)CC5)CC[C@@]4(C)[C@]3(C)CC[C@H]2C1(C)C. The van der Waals surface area contributed by atoms with Gasteiger partial charge in [-0.25, -0.2) is 4.79 Å². The number of nitrogens with zero attached hydrogens (tertiary/aromatic N) is 1. The number of piperidine rings is 1. The molecule has 8 atom stereocenters. The van der Waals surface area contributed by atoms with Gasteiger partial charge in [-0.05, 0) is 136 Å². The number of hydrogen-bond donors (Lipinski definition) is 1. The standard InChI is InChI=1S/C42H66N2O6/c1-25(2)33-29(46)24-42(35(47)44-22-16-27(17-23-44)43-36(48)50-37(4,5)6)21-20-40(10)28(34(33)42)12-13-31-39(9)18-15-32(49-26(3)45)38(7,8)30(39)14-19-41(31,40)11/h25,27-28,30-32H,12-24H2,1-11H3,(H,43,48)/t28-,30+,31-,32+,39+,40-,41-,42-/m1/s1. The normalized spacial score (nSPS) is 40.0. The lowest BCUT2D eigenvalue weighted by Gasteiger charge is -2.72. The number of ketones is 1. The number of hydrogen-bond acceptors (Lipinski definition) is 6. The van der Waals surface area contributed by atoms with Crippen LogP contribution >= 0.6 is 0 Å². The van der Waals surface area contributed by atoms with Crippen LogP contribution in [0, 0.1) is 50.7 Å². The molecule has 280 valence electrons. The molecule has 0 bridgehead atoms. The fraction of sp³-hybridized carbons (Fsp3) is 0.857. The molecule has 5 fully saturated rings. The molecular formula is C42H66N2O6. The number of fused-ring (bicyclic) bond motifs is 7. The summed E-state index contributed by atoms with van der Waals surface area (Å²) in [5.74, 6) is 1.44. The van der Waals surface area contributed by atoms with E-state index in [0.717, 1.165) is 56.9 Å². The Bertz CT molecular complexity index is 1450. The van der Waals surface area contributed by atoms with Gasteiger partial charge in [-0.1, -0.05) is 48.5 Å². The summed E-state index contributed by atoms with van der Waals surface area (Å²) in [6.45, 7) is 24.9. The number of rotatable bonds is 4. The Morgan fingerprint density at radius 3 is 2.10 bits per heavy atom. The van der Waals surface area contributed by atoms with Crippen molar-refractivity contribution < 1.29 is 28.7 Å². The average molecular weight is 695 g/mol. The summed E-state index contributed by atoms with van der Waals surface area (Å²) >= 11 is 0. The first kappa shape index (κ1) is 37.4. The van der Waals surface area contributed by atoms with Crippen molar-refractivity contribution in [3.05, 3.63) is 11.1 Å². The van der Waals surface area contributed by atoms with Crippen molar-refractivity contribution in [2.75, 3.05) is 13.1 Å². The van der Waals surface area contributed by atoms with Crippen LogP contribution in [0.15, 0.2) is 11.1 Å². The molecule has 6 rings (SSSR count). The third-order valence-corrected chi connectivity index (χ3v) is 15.6. The molecule has 8 nitrogen and oxygen atoms in total. The summed E-state index contributed by atoms with van der Waals surface area (Å²) in [6, 6.07) is -0.0340. The minimum absolute atomic E-state index is 0.0189. The van der Waals surface area contributed by atoms with Gasteiger partial charge in [0.25, 0.3) is 0 Å². The van der Waals surface area contributed by atoms with Crippen LogP contribution in [0.5, 0.6) is 0 Å². The van der Waals surface area contributed by atoms with Crippen molar-refractivity contribution in [1.29, 1.82) is 0 Å². The van der Waals surface area contributed by atoms with Gasteiger partial charge in [-0.2, -0.15) is 0 Å². The number of carbonyl (C=O) groups excluding carboxylic acids is 4. The van der Waals surface area contributed by atoms with E-state index < -0.39 is 17.1 Å². The van der Waals surface area contributed by atoms with Crippen molar-refractivity contribution in [1.82, 2.24) is 10.2 Å². The third kappa shape index (κ3) is 5.67. The highest BCUT2D eigenvalue weighted by molar-refractivity contribution is 6.07. The highest BCUT2D eigenvalue weighted by atomic mass is 16.6. The van der Waals surface area contributed by atoms with Crippen molar-refractivity contribution in [3.63, 3.8) is 0 Å². The van der Waals surface area contributed by atoms with Gasteiger partial charge in [0.15, 0.2) is 5.78 Å². The predicted octanol–water partition coefficient (Wildman–Crippen LogP) is 8.41. The Kier molecular flexibility index (Phi) is 9.24. The second-order valence-electron chi connectivity index (χ2n) is 19.9. The molecule has 50 heavy (non-hydrogen) atoms. The van der Waals surface area contributed by atoms with Gasteiger partial charge in [0.05, 0.1) is 5.41 Å². The van der Waals surface area contributed by atoms with Crippen molar-refractivity contribution in [2.24, 2.45) is 50.7 Å². The van der Waals surface area contributed by atoms with E-state index in [9.17, 15) is 19.2 Å². The summed E-state index contributed by atoms with van der Waals surface area (Å²) in [4.78, 5) is 55.6. The van der Waals surface area contributed by atoms with Gasteiger partial charge >= 0.3 is 12.1 Å². The molecule has 1 aliphatic heterocycles.